The van der Waals surface area contributed by atoms with Crippen LogP contribution in [-0.4, -0.2) is 41.4 Å². The number of nitrogens with zero attached hydrogens (tertiary/aromatic N) is 1. The maximum absolute atomic E-state index is 13.0. The average Bonchev–Trinajstić information content (AvgIpc) is 2.85. The predicted molar refractivity (Wildman–Crippen MR) is 82.0 cm³/mol. The Labute approximate surface area is 130 Å². The molecule has 2 rings (SSSR count). The molecule has 122 valence electrons. The van der Waals surface area contributed by atoms with Gasteiger partial charge in [0.1, 0.15) is 11.4 Å². The maximum Gasteiger partial charge on any atom is 0.410 e. The third-order valence-corrected chi connectivity index (χ3v) is 3.92. The van der Waals surface area contributed by atoms with Gasteiger partial charge in [0.2, 0.25) is 0 Å². The van der Waals surface area contributed by atoms with Crippen LogP contribution in [-0.2, 0) is 11.2 Å². The van der Waals surface area contributed by atoms with Crippen LogP contribution in [0.25, 0.3) is 0 Å². The van der Waals surface area contributed by atoms with Gasteiger partial charge in [0.25, 0.3) is 0 Å². The summed E-state index contributed by atoms with van der Waals surface area (Å²) in [5, 5.41) is 9.81. The normalized spacial score (nSPS) is 22.0. The number of ether oxygens (including phenoxy) is 1. The second kappa shape index (κ2) is 6.24. The zero-order chi connectivity index (χ0) is 16.4. The number of hydrogen-bond donors (Lipinski definition) is 1. The van der Waals surface area contributed by atoms with E-state index < -0.39 is 5.60 Å². The zero-order valence-corrected chi connectivity index (χ0v) is 13.4. The number of hydrogen-bond acceptors (Lipinski definition) is 3. The highest BCUT2D eigenvalue weighted by Gasteiger charge is 2.40. The van der Waals surface area contributed by atoms with E-state index in [1.54, 1.807) is 17.0 Å². The lowest BCUT2D eigenvalue weighted by Gasteiger charge is -2.28. The summed E-state index contributed by atoms with van der Waals surface area (Å²) in [5.41, 5.74) is 0.0502. The van der Waals surface area contributed by atoms with E-state index in [2.05, 4.69) is 0 Å². The van der Waals surface area contributed by atoms with Crippen LogP contribution < -0.4 is 0 Å². The maximum atomic E-state index is 13.0. The van der Waals surface area contributed by atoms with Crippen LogP contribution in [0.5, 0.6) is 0 Å². The monoisotopic (exact) mass is 309 g/mol. The van der Waals surface area contributed by atoms with Crippen LogP contribution >= 0.6 is 0 Å². The second-order valence-electron chi connectivity index (χ2n) is 7.11. The number of amides is 1. The van der Waals surface area contributed by atoms with Crippen LogP contribution in [0.3, 0.4) is 0 Å². The first-order valence-corrected chi connectivity index (χ1v) is 7.56. The minimum Gasteiger partial charge on any atom is -0.444 e. The van der Waals surface area contributed by atoms with E-state index in [1.807, 2.05) is 20.8 Å². The standard InChI is InChI=1S/C17H24FNO3/c1-16(2,3)22-15(21)19-9-8-17(11-19,12-20)10-13-4-6-14(18)7-5-13/h4-7,20H,8-12H2,1-3H3. The van der Waals surface area contributed by atoms with Crippen molar-refractivity contribution >= 4 is 6.09 Å². The molecule has 1 heterocycles. The van der Waals surface area contributed by atoms with Crippen molar-refractivity contribution in [3.8, 4) is 0 Å². The van der Waals surface area contributed by atoms with E-state index >= 15 is 0 Å². The Morgan fingerprint density at radius 1 is 1.36 bits per heavy atom. The number of benzene rings is 1. The predicted octanol–water partition coefficient (Wildman–Crippen LogP) is 2.99. The number of carbonyl (C=O) groups is 1. The fourth-order valence-corrected chi connectivity index (χ4v) is 2.78. The second-order valence-corrected chi connectivity index (χ2v) is 7.11. The summed E-state index contributed by atoms with van der Waals surface area (Å²) in [4.78, 5) is 13.8. The molecule has 1 aromatic carbocycles. The molecule has 1 N–H and O–H groups in total. The van der Waals surface area contributed by atoms with Gasteiger partial charge in [-0.05, 0) is 51.3 Å². The van der Waals surface area contributed by atoms with Gasteiger partial charge in [-0.25, -0.2) is 9.18 Å². The summed E-state index contributed by atoms with van der Waals surface area (Å²) in [6, 6.07) is 6.29. The third-order valence-electron chi connectivity index (χ3n) is 3.92. The Morgan fingerprint density at radius 3 is 2.55 bits per heavy atom. The van der Waals surface area contributed by atoms with Crippen molar-refractivity contribution in [2.45, 2.75) is 39.2 Å². The summed E-state index contributed by atoms with van der Waals surface area (Å²) >= 11 is 0. The molecule has 1 atom stereocenters. The number of rotatable bonds is 3. The van der Waals surface area contributed by atoms with Crippen LogP contribution in [0.4, 0.5) is 9.18 Å². The van der Waals surface area contributed by atoms with Gasteiger partial charge in [-0.1, -0.05) is 12.1 Å². The molecule has 4 nitrogen and oxygen atoms in total. The average molecular weight is 309 g/mol. The first-order chi connectivity index (χ1) is 10.2. The lowest BCUT2D eigenvalue weighted by atomic mass is 9.81. The van der Waals surface area contributed by atoms with Crippen LogP contribution in [0, 0.1) is 11.2 Å². The molecule has 1 aliphatic heterocycles. The molecule has 1 aromatic rings. The molecular weight excluding hydrogens is 285 g/mol. The van der Waals surface area contributed by atoms with Gasteiger partial charge in [-0.15, -0.1) is 0 Å². The molecule has 0 radical (unpaired) electrons. The van der Waals surface area contributed by atoms with Crippen molar-refractivity contribution in [1.29, 1.82) is 0 Å². The smallest absolute Gasteiger partial charge is 0.410 e. The number of aliphatic hydroxyl groups excluding tert-OH is 1. The molecule has 1 aliphatic rings. The minimum atomic E-state index is -0.529. The molecule has 0 aliphatic carbocycles. The highest BCUT2D eigenvalue weighted by molar-refractivity contribution is 5.68. The van der Waals surface area contributed by atoms with Crippen molar-refractivity contribution in [2.24, 2.45) is 5.41 Å². The van der Waals surface area contributed by atoms with Crippen molar-refractivity contribution < 1.29 is 19.0 Å². The highest BCUT2D eigenvalue weighted by atomic mass is 19.1. The molecule has 5 heteroatoms. The number of aliphatic hydroxyl groups is 1. The summed E-state index contributed by atoms with van der Waals surface area (Å²) < 4.78 is 18.4. The van der Waals surface area contributed by atoms with E-state index in [9.17, 15) is 14.3 Å². The van der Waals surface area contributed by atoms with Gasteiger partial charge in [-0.3, -0.25) is 0 Å². The molecule has 0 bridgehead atoms. The molecule has 0 aromatic heterocycles. The fourth-order valence-electron chi connectivity index (χ4n) is 2.78. The molecule has 1 unspecified atom stereocenters. The van der Waals surface area contributed by atoms with Gasteiger partial charge < -0.3 is 14.7 Å². The van der Waals surface area contributed by atoms with Crippen molar-refractivity contribution in [3.05, 3.63) is 35.6 Å². The van der Waals surface area contributed by atoms with Crippen molar-refractivity contribution in [1.82, 2.24) is 4.90 Å². The summed E-state index contributed by atoms with van der Waals surface area (Å²) in [6.45, 7) is 6.51. The van der Waals surface area contributed by atoms with Gasteiger partial charge in [0.15, 0.2) is 0 Å². The Balaban J connectivity index is 2.03. The summed E-state index contributed by atoms with van der Waals surface area (Å²) in [7, 11) is 0. The molecule has 22 heavy (non-hydrogen) atoms. The first-order valence-electron chi connectivity index (χ1n) is 7.56. The van der Waals surface area contributed by atoms with E-state index in [0.29, 0.717) is 25.9 Å². The Morgan fingerprint density at radius 2 is 2.00 bits per heavy atom. The molecule has 1 saturated heterocycles. The van der Waals surface area contributed by atoms with Gasteiger partial charge in [0.05, 0.1) is 6.61 Å². The molecule has 1 amide bonds. The molecule has 1 fully saturated rings. The number of likely N-dealkylation sites (tertiary alicyclic amines) is 1. The first kappa shape index (κ1) is 16.7. The van der Waals surface area contributed by atoms with Gasteiger partial charge in [0, 0.05) is 18.5 Å². The van der Waals surface area contributed by atoms with E-state index in [4.69, 9.17) is 4.74 Å². The lowest BCUT2D eigenvalue weighted by Crippen LogP contribution is -2.38. The summed E-state index contributed by atoms with van der Waals surface area (Å²) in [6.07, 6.45) is 0.977. The van der Waals surface area contributed by atoms with Crippen molar-refractivity contribution in [3.63, 3.8) is 0 Å². The van der Waals surface area contributed by atoms with E-state index in [-0.39, 0.29) is 23.9 Å². The van der Waals surface area contributed by atoms with Gasteiger partial charge in [-0.2, -0.15) is 0 Å². The van der Waals surface area contributed by atoms with Gasteiger partial charge >= 0.3 is 6.09 Å². The van der Waals surface area contributed by atoms with E-state index in [1.165, 1.54) is 12.1 Å². The fraction of sp³-hybridized carbons (Fsp3) is 0.588. The minimum absolute atomic E-state index is 0.0102. The van der Waals surface area contributed by atoms with Crippen LogP contribution in [0.2, 0.25) is 0 Å². The quantitative estimate of drug-likeness (QED) is 0.934. The SMILES string of the molecule is CC(C)(C)OC(=O)N1CCC(CO)(Cc2ccc(F)cc2)C1. The van der Waals surface area contributed by atoms with E-state index in [0.717, 1.165) is 5.56 Å². The molecular formula is C17H24FNO3. The Kier molecular flexibility index (Phi) is 4.75. The summed E-state index contributed by atoms with van der Waals surface area (Å²) in [5.74, 6) is -0.274. The topological polar surface area (TPSA) is 49.8 Å². The molecule has 0 saturated carbocycles. The highest BCUT2D eigenvalue weighted by Crippen LogP contribution is 2.34. The van der Waals surface area contributed by atoms with Crippen LogP contribution in [0.15, 0.2) is 24.3 Å². The lowest BCUT2D eigenvalue weighted by molar-refractivity contribution is 0.0254. The number of carbonyl (C=O) groups excluding carboxylic acids is 1. The largest absolute Gasteiger partial charge is 0.444 e. The van der Waals surface area contributed by atoms with Crippen LogP contribution in [0.1, 0.15) is 32.8 Å². The zero-order valence-electron chi connectivity index (χ0n) is 13.4. The molecule has 0 spiro atoms. The Bertz CT molecular complexity index is 524. The number of halogens is 1. The third kappa shape index (κ3) is 4.19. The van der Waals surface area contributed by atoms with Crippen molar-refractivity contribution in [2.75, 3.05) is 19.7 Å². The Hall–Kier alpha value is -1.62.